The molecule has 1 aromatic heterocycles. The predicted octanol–water partition coefficient (Wildman–Crippen LogP) is 7.34. The highest BCUT2D eigenvalue weighted by Crippen LogP contribution is 2.28. The van der Waals surface area contributed by atoms with Crippen LogP contribution in [0.3, 0.4) is 0 Å². The van der Waals surface area contributed by atoms with Crippen molar-refractivity contribution in [1.82, 2.24) is 14.8 Å². The van der Waals surface area contributed by atoms with Crippen LogP contribution in [0.2, 0.25) is 5.02 Å². The Morgan fingerprint density at radius 2 is 1.82 bits per heavy atom. The van der Waals surface area contributed by atoms with Gasteiger partial charge in [-0.2, -0.15) is 0 Å². The third kappa shape index (κ3) is 7.23. The number of amides is 1. The molecule has 0 aliphatic heterocycles. The number of rotatable bonds is 10. The van der Waals surface area contributed by atoms with Crippen molar-refractivity contribution in [1.29, 1.82) is 0 Å². The Kier molecular flexibility index (Phi) is 9.45. The number of benzene rings is 2. The molecule has 34 heavy (non-hydrogen) atoms. The summed E-state index contributed by atoms with van der Waals surface area (Å²) in [6.07, 6.45) is -0.288. The molecule has 3 aromatic rings. The molecule has 1 atom stereocenters. The van der Waals surface area contributed by atoms with Gasteiger partial charge < -0.3 is 14.6 Å². The van der Waals surface area contributed by atoms with Crippen molar-refractivity contribution in [2.45, 2.75) is 58.3 Å². The Morgan fingerprint density at radius 3 is 2.44 bits per heavy atom. The van der Waals surface area contributed by atoms with Crippen molar-refractivity contribution in [2.75, 3.05) is 11.1 Å². The molecule has 0 aliphatic carbocycles. The molecule has 6 nitrogen and oxygen atoms in total. The van der Waals surface area contributed by atoms with Crippen molar-refractivity contribution in [3.63, 3.8) is 0 Å². The number of hydrogen-bond acceptors (Lipinski definition) is 5. The number of thioether (sulfide) groups is 1. The van der Waals surface area contributed by atoms with Crippen LogP contribution < -0.4 is 10.1 Å². The number of carbonyl (C=O) groups is 1. The highest BCUT2D eigenvalue weighted by molar-refractivity contribution is 9.10. The predicted molar refractivity (Wildman–Crippen MR) is 143 cm³/mol. The van der Waals surface area contributed by atoms with Crippen LogP contribution in [0, 0.1) is 5.92 Å². The van der Waals surface area contributed by atoms with E-state index in [1.165, 1.54) is 17.3 Å². The van der Waals surface area contributed by atoms with Crippen LogP contribution in [0.15, 0.2) is 52.1 Å². The van der Waals surface area contributed by atoms with E-state index in [2.05, 4.69) is 71.3 Å². The van der Waals surface area contributed by atoms with Gasteiger partial charge in [0.1, 0.15) is 5.75 Å². The lowest BCUT2D eigenvalue weighted by Gasteiger charge is -2.18. The van der Waals surface area contributed by atoms with Crippen LogP contribution in [0.5, 0.6) is 5.75 Å². The second kappa shape index (κ2) is 12.1. The monoisotopic (exact) mass is 564 g/mol. The van der Waals surface area contributed by atoms with Gasteiger partial charge in [-0.3, -0.25) is 4.79 Å². The second-order valence-electron chi connectivity index (χ2n) is 8.79. The van der Waals surface area contributed by atoms with E-state index in [1.807, 2.05) is 23.6 Å². The van der Waals surface area contributed by atoms with Gasteiger partial charge in [0.05, 0.1) is 10.8 Å². The minimum absolute atomic E-state index is 0.140. The van der Waals surface area contributed by atoms with Crippen LogP contribution in [0.1, 0.15) is 58.0 Å². The summed E-state index contributed by atoms with van der Waals surface area (Å²) in [6.45, 7) is 11.3. The van der Waals surface area contributed by atoms with E-state index in [0.29, 0.717) is 27.7 Å². The van der Waals surface area contributed by atoms with E-state index in [1.54, 1.807) is 18.2 Å². The van der Waals surface area contributed by atoms with Crippen molar-refractivity contribution in [3.05, 3.63) is 63.3 Å². The van der Waals surface area contributed by atoms with Gasteiger partial charge in [0.2, 0.25) is 5.91 Å². The van der Waals surface area contributed by atoms with Crippen LogP contribution in [0.25, 0.3) is 0 Å². The van der Waals surface area contributed by atoms with E-state index < -0.39 is 0 Å². The van der Waals surface area contributed by atoms with E-state index >= 15 is 0 Å². The van der Waals surface area contributed by atoms with Crippen molar-refractivity contribution in [2.24, 2.45) is 5.92 Å². The van der Waals surface area contributed by atoms with Crippen LogP contribution in [-0.4, -0.2) is 26.4 Å². The molecule has 1 N–H and O–H groups in total. The Balaban J connectivity index is 1.68. The molecule has 9 heteroatoms. The number of aromatic nitrogens is 3. The molecule has 0 saturated carbocycles. The molecule has 1 unspecified atom stereocenters. The maximum absolute atomic E-state index is 12.5. The molecular weight excluding hydrogens is 536 g/mol. The van der Waals surface area contributed by atoms with E-state index in [0.717, 1.165) is 22.6 Å². The molecule has 1 amide bonds. The summed E-state index contributed by atoms with van der Waals surface area (Å²) in [5.74, 6) is 2.44. The molecule has 0 aliphatic rings. The van der Waals surface area contributed by atoms with Crippen LogP contribution >= 0.6 is 39.3 Å². The molecule has 0 bridgehead atoms. The smallest absolute Gasteiger partial charge is 0.234 e. The standard InChI is InChI=1S/C25H30BrClN4O2S/c1-15(2)13-31-24(17(5)33-20-9-6-18(7-10-20)16(3)4)29-30-25(31)34-14-23(32)28-19-8-11-21(26)22(27)12-19/h6-12,15-17H,13-14H2,1-5H3,(H,28,32). The largest absolute Gasteiger partial charge is 0.483 e. The topological polar surface area (TPSA) is 69.0 Å². The van der Waals surface area contributed by atoms with Gasteiger partial charge in [-0.05, 0) is 70.6 Å². The van der Waals surface area contributed by atoms with E-state index in [4.69, 9.17) is 16.3 Å². The Bertz CT molecular complexity index is 1120. The first kappa shape index (κ1) is 26.6. The first-order chi connectivity index (χ1) is 16.1. The fourth-order valence-electron chi connectivity index (χ4n) is 3.33. The molecular formula is C25H30BrClN4O2S. The quantitative estimate of drug-likeness (QED) is 0.260. The first-order valence-electron chi connectivity index (χ1n) is 11.2. The lowest BCUT2D eigenvalue weighted by Crippen LogP contribution is -2.17. The molecule has 0 saturated heterocycles. The summed E-state index contributed by atoms with van der Waals surface area (Å²) in [6, 6.07) is 13.5. The summed E-state index contributed by atoms with van der Waals surface area (Å²) in [5, 5.41) is 12.9. The molecule has 3 rings (SSSR count). The zero-order valence-electron chi connectivity index (χ0n) is 20.0. The van der Waals surface area contributed by atoms with Gasteiger partial charge in [-0.1, -0.05) is 63.2 Å². The van der Waals surface area contributed by atoms with Crippen molar-refractivity contribution >= 4 is 50.9 Å². The van der Waals surface area contributed by atoms with Gasteiger partial charge in [0, 0.05) is 16.7 Å². The van der Waals surface area contributed by atoms with Crippen LogP contribution in [-0.2, 0) is 11.3 Å². The Labute approximate surface area is 219 Å². The second-order valence-corrected chi connectivity index (χ2v) is 11.0. The molecule has 0 spiro atoms. The highest BCUT2D eigenvalue weighted by atomic mass is 79.9. The average Bonchev–Trinajstić information content (AvgIpc) is 3.17. The summed E-state index contributed by atoms with van der Waals surface area (Å²) >= 11 is 10.8. The lowest BCUT2D eigenvalue weighted by molar-refractivity contribution is -0.113. The van der Waals surface area contributed by atoms with Gasteiger partial charge in [0.15, 0.2) is 17.1 Å². The van der Waals surface area contributed by atoms with E-state index in [9.17, 15) is 4.79 Å². The number of nitrogens with one attached hydrogen (secondary N) is 1. The number of ether oxygens (including phenoxy) is 1. The number of carbonyl (C=O) groups excluding carboxylic acids is 1. The van der Waals surface area contributed by atoms with Gasteiger partial charge >= 0.3 is 0 Å². The SMILES string of the molecule is CC(C)Cn1c(SCC(=O)Nc2ccc(Br)c(Cl)c2)nnc1C(C)Oc1ccc(C(C)C)cc1. The van der Waals surface area contributed by atoms with Crippen molar-refractivity contribution in [3.8, 4) is 5.75 Å². The van der Waals surface area contributed by atoms with E-state index in [-0.39, 0.29) is 17.8 Å². The first-order valence-corrected chi connectivity index (χ1v) is 13.4. The molecule has 1 heterocycles. The number of hydrogen-bond donors (Lipinski definition) is 1. The minimum atomic E-state index is -0.288. The summed E-state index contributed by atoms with van der Waals surface area (Å²) < 4.78 is 9.00. The van der Waals surface area contributed by atoms with Crippen molar-refractivity contribution < 1.29 is 9.53 Å². The number of halogens is 2. The highest BCUT2D eigenvalue weighted by Gasteiger charge is 2.21. The third-order valence-corrected chi connectivity index (χ3v) is 7.25. The lowest BCUT2D eigenvalue weighted by atomic mass is 10.0. The molecule has 182 valence electrons. The molecule has 0 radical (unpaired) electrons. The average molecular weight is 566 g/mol. The fourth-order valence-corrected chi connectivity index (χ4v) is 4.52. The summed E-state index contributed by atoms with van der Waals surface area (Å²) in [4.78, 5) is 12.5. The zero-order valence-corrected chi connectivity index (χ0v) is 23.2. The fraction of sp³-hybridized carbons (Fsp3) is 0.400. The Hall–Kier alpha value is -2.03. The van der Waals surface area contributed by atoms with Gasteiger partial charge in [-0.15, -0.1) is 10.2 Å². The van der Waals surface area contributed by atoms with Crippen LogP contribution in [0.4, 0.5) is 5.69 Å². The third-order valence-electron chi connectivity index (χ3n) is 5.05. The minimum Gasteiger partial charge on any atom is -0.483 e. The van der Waals surface area contributed by atoms with Gasteiger partial charge in [-0.25, -0.2) is 0 Å². The summed E-state index contributed by atoms with van der Waals surface area (Å²) in [7, 11) is 0. The number of anilines is 1. The zero-order chi connectivity index (χ0) is 24.8. The number of nitrogens with zero attached hydrogens (tertiary/aromatic N) is 3. The molecule has 2 aromatic carbocycles. The Morgan fingerprint density at radius 1 is 1.12 bits per heavy atom. The normalized spacial score (nSPS) is 12.3. The summed E-state index contributed by atoms with van der Waals surface area (Å²) in [5.41, 5.74) is 1.92. The molecule has 0 fully saturated rings. The maximum Gasteiger partial charge on any atom is 0.234 e. The maximum atomic E-state index is 12.5. The van der Waals surface area contributed by atoms with Gasteiger partial charge in [0.25, 0.3) is 0 Å².